The van der Waals surface area contributed by atoms with Gasteiger partial charge in [-0.05, 0) is 54.6 Å². The highest BCUT2D eigenvalue weighted by molar-refractivity contribution is 6.29. The summed E-state index contributed by atoms with van der Waals surface area (Å²) >= 11 is 5.74. The molecule has 1 aromatic carbocycles. The van der Waals surface area contributed by atoms with Gasteiger partial charge in [0, 0.05) is 29.3 Å². The molecular formula is C18H17ClFN3O2. The average Bonchev–Trinajstić information content (AvgIpc) is 3.23. The van der Waals surface area contributed by atoms with Gasteiger partial charge < -0.3 is 10.1 Å². The molecule has 4 rings (SSSR count). The van der Waals surface area contributed by atoms with Crippen molar-refractivity contribution in [2.24, 2.45) is 0 Å². The molecule has 3 aromatic rings. The molecule has 0 spiro atoms. The third-order valence-electron chi connectivity index (χ3n) is 3.64. The van der Waals surface area contributed by atoms with Crippen molar-refractivity contribution < 1.29 is 14.2 Å². The molecular weight excluding hydrogens is 345 g/mol. The fourth-order valence-electron chi connectivity index (χ4n) is 2.40. The van der Waals surface area contributed by atoms with Gasteiger partial charge in [-0.25, -0.2) is 9.97 Å². The van der Waals surface area contributed by atoms with Crippen molar-refractivity contribution in [3.8, 4) is 5.75 Å². The SMILES string of the molecule is C1CCOC1.FOc1ccc2c(Nc3ccc(Cl)nc3)nccc2c1. The molecule has 2 aromatic heterocycles. The van der Waals surface area contributed by atoms with Crippen LogP contribution in [0.5, 0.6) is 5.75 Å². The highest BCUT2D eigenvalue weighted by Crippen LogP contribution is 2.27. The quantitative estimate of drug-likeness (QED) is 0.659. The molecule has 0 atom stereocenters. The van der Waals surface area contributed by atoms with E-state index in [-0.39, 0.29) is 5.75 Å². The van der Waals surface area contributed by atoms with E-state index in [1.54, 1.807) is 42.7 Å². The van der Waals surface area contributed by atoms with Crippen molar-refractivity contribution in [2.45, 2.75) is 12.8 Å². The number of anilines is 2. The second-order valence-corrected chi connectivity index (χ2v) is 5.82. The van der Waals surface area contributed by atoms with Crippen LogP contribution in [0.1, 0.15) is 12.8 Å². The van der Waals surface area contributed by atoms with Gasteiger partial charge in [0.15, 0.2) is 5.75 Å². The lowest BCUT2D eigenvalue weighted by atomic mass is 10.1. The van der Waals surface area contributed by atoms with E-state index < -0.39 is 0 Å². The summed E-state index contributed by atoms with van der Waals surface area (Å²) in [6, 6.07) is 10.1. The molecule has 0 radical (unpaired) electrons. The summed E-state index contributed by atoms with van der Waals surface area (Å²) in [7, 11) is 0. The van der Waals surface area contributed by atoms with E-state index in [0.29, 0.717) is 11.0 Å². The van der Waals surface area contributed by atoms with Gasteiger partial charge in [-0.3, -0.25) is 4.94 Å². The lowest BCUT2D eigenvalue weighted by Crippen LogP contribution is -1.95. The van der Waals surface area contributed by atoms with Gasteiger partial charge in [-0.15, -0.1) is 0 Å². The second kappa shape index (κ2) is 8.60. The molecule has 0 bridgehead atoms. The highest BCUT2D eigenvalue weighted by Gasteiger charge is 2.05. The summed E-state index contributed by atoms with van der Waals surface area (Å²) in [5.41, 5.74) is 0.764. The molecule has 1 N–H and O–H groups in total. The maximum Gasteiger partial charge on any atom is 0.172 e. The summed E-state index contributed by atoms with van der Waals surface area (Å²) in [6.07, 6.45) is 5.80. The zero-order valence-electron chi connectivity index (χ0n) is 13.4. The van der Waals surface area contributed by atoms with Crippen LogP contribution in [-0.4, -0.2) is 23.2 Å². The van der Waals surface area contributed by atoms with Gasteiger partial charge in [-0.2, -0.15) is 0 Å². The number of pyridine rings is 2. The number of ether oxygens (including phenoxy) is 1. The molecule has 0 saturated carbocycles. The van der Waals surface area contributed by atoms with Gasteiger partial charge in [0.05, 0.1) is 11.9 Å². The molecule has 0 aliphatic carbocycles. The lowest BCUT2D eigenvalue weighted by Gasteiger charge is -2.08. The minimum Gasteiger partial charge on any atom is -0.381 e. The Kier molecular flexibility index (Phi) is 5.98. The molecule has 0 amide bonds. The molecule has 3 heterocycles. The largest absolute Gasteiger partial charge is 0.381 e. The third-order valence-corrected chi connectivity index (χ3v) is 3.87. The van der Waals surface area contributed by atoms with E-state index in [1.165, 1.54) is 18.9 Å². The van der Waals surface area contributed by atoms with E-state index in [4.69, 9.17) is 16.3 Å². The minimum atomic E-state index is 0.155. The molecule has 7 heteroatoms. The van der Waals surface area contributed by atoms with E-state index in [0.717, 1.165) is 29.7 Å². The number of fused-ring (bicyclic) bond motifs is 1. The van der Waals surface area contributed by atoms with Crippen LogP contribution in [-0.2, 0) is 4.74 Å². The smallest absolute Gasteiger partial charge is 0.172 e. The summed E-state index contributed by atoms with van der Waals surface area (Å²) in [5, 5.41) is 5.24. The van der Waals surface area contributed by atoms with Gasteiger partial charge >= 0.3 is 0 Å². The van der Waals surface area contributed by atoms with Crippen molar-refractivity contribution in [1.82, 2.24) is 9.97 Å². The Bertz CT molecular complexity index is 819. The standard InChI is InChI=1S/C14H9ClFN3O.C4H8O/c15-13-4-1-10(8-18-13)19-14-12-3-2-11(20-16)7-9(12)5-6-17-14;1-2-4-5-3-1/h1-8H,(H,17,19);1-4H2. The van der Waals surface area contributed by atoms with Gasteiger partial charge in [-0.1, -0.05) is 11.6 Å². The van der Waals surface area contributed by atoms with Crippen molar-refractivity contribution in [2.75, 3.05) is 18.5 Å². The fourth-order valence-corrected chi connectivity index (χ4v) is 2.51. The second-order valence-electron chi connectivity index (χ2n) is 5.43. The van der Waals surface area contributed by atoms with Crippen molar-refractivity contribution in [3.05, 3.63) is 53.9 Å². The lowest BCUT2D eigenvalue weighted by molar-refractivity contribution is -0.00603. The number of aromatic nitrogens is 2. The average molecular weight is 362 g/mol. The Morgan fingerprint density at radius 1 is 1.08 bits per heavy atom. The van der Waals surface area contributed by atoms with Crippen LogP contribution in [0.2, 0.25) is 5.15 Å². The maximum atomic E-state index is 12.2. The first-order chi connectivity index (χ1) is 12.3. The van der Waals surface area contributed by atoms with Gasteiger partial charge in [0.2, 0.25) is 0 Å². The van der Waals surface area contributed by atoms with Crippen LogP contribution < -0.4 is 10.3 Å². The van der Waals surface area contributed by atoms with E-state index >= 15 is 0 Å². The number of rotatable bonds is 3. The van der Waals surface area contributed by atoms with E-state index in [9.17, 15) is 4.53 Å². The topological polar surface area (TPSA) is 56.3 Å². The minimum absolute atomic E-state index is 0.155. The molecule has 1 saturated heterocycles. The van der Waals surface area contributed by atoms with Gasteiger partial charge in [0.25, 0.3) is 0 Å². The fraction of sp³-hybridized carbons (Fsp3) is 0.222. The Balaban J connectivity index is 0.000000314. The van der Waals surface area contributed by atoms with Crippen LogP contribution >= 0.6 is 11.6 Å². The van der Waals surface area contributed by atoms with Crippen molar-refractivity contribution >= 4 is 33.9 Å². The molecule has 5 nitrogen and oxygen atoms in total. The summed E-state index contributed by atoms with van der Waals surface area (Å²) in [6.45, 7) is 2.00. The van der Waals surface area contributed by atoms with Crippen LogP contribution in [0.15, 0.2) is 48.8 Å². The van der Waals surface area contributed by atoms with Crippen LogP contribution in [0, 0.1) is 0 Å². The Morgan fingerprint density at radius 3 is 2.56 bits per heavy atom. The first-order valence-electron chi connectivity index (χ1n) is 7.90. The number of nitrogens with one attached hydrogen (secondary N) is 1. The molecule has 25 heavy (non-hydrogen) atoms. The van der Waals surface area contributed by atoms with Crippen LogP contribution in [0.25, 0.3) is 10.8 Å². The number of hydrogen-bond donors (Lipinski definition) is 1. The van der Waals surface area contributed by atoms with Crippen LogP contribution in [0.3, 0.4) is 0 Å². The summed E-state index contributed by atoms with van der Waals surface area (Å²) < 4.78 is 17.1. The van der Waals surface area contributed by atoms with Gasteiger partial charge in [0.1, 0.15) is 11.0 Å². The number of hydrogen-bond acceptors (Lipinski definition) is 5. The first kappa shape index (κ1) is 17.4. The maximum absolute atomic E-state index is 12.2. The van der Waals surface area contributed by atoms with E-state index in [2.05, 4.69) is 20.2 Å². The third kappa shape index (κ3) is 4.78. The predicted octanol–water partition coefficient (Wildman–Crippen LogP) is 5.09. The zero-order chi connectivity index (χ0) is 17.5. The molecule has 1 aliphatic heterocycles. The van der Waals surface area contributed by atoms with Crippen molar-refractivity contribution in [3.63, 3.8) is 0 Å². The first-order valence-corrected chi connectivity index (χ1v) is 8.28. The molecule has 1 fully saturated rings. The number of nitrogens with zero attached hydrogens (tertiary/aromatic N) is 2. The normalized spacial score (nSPS) is 13.2. The molecule has 0 unspecified atom stereocenters. The van der Waals surface area contributed by atoms with E-state index in [1.807, 2.05) is 0 Å². The zero-order valence-corrected chi connectivity index (χ0v) is 14.2. The molecule has 130 valence electrons. The Morgan fingerprint density at radius 2 is 1.92 bits per heavy atom. The Labute approximate surface area is 149 Å². The Hall–Kier alpha value is -2.44. The van der Waals surface area contributed by atoms with Crippen LogP contribution in [0.4, 0.5) is 16.0 Å². The number of benzene rings is 1. The monoisotopic (exact) mass is 361 g/mol. The number of halogens is 2. The van der Waals surface area contributed by atoms with Crippen molar-refractivity contribution in [1.29, 1.82) is 0 Å². The molecule has 1 aliphatic rings. The summed E-state index contributed by atoms with van der Waals surface area (Å²) in [4.78, 5) is 12.0. The predicted molar refractivity (Wildman–Crippen MR) is 96.1 cm³/mol. The highest BCUT2D eigenvalue weighted by atomic mass is 35.5. The summed E-state index contributed by atoms with van der Waals surface area (Å²) in [5.74, 6) is 0.805.